The van der Waals surface area contributed by atoms with E-state index < -0.39 is 22.3 Å². The van der Waals surface area contributed by atoms with Gasteiger partial charge < -0.3 is 14.7 Å². The third-order valence-corrected chi connectivity index (χ3v) is 33.8. The maximum atomic E-state index is 9.66. The van der Waals surface area contributed by atoms with Crippen LogP contribution in [0.25, 0.3) is 111 Å². The van der Waals surface area contributed by atoms with Crippen LogP contribution in [0.15, 0.2) is 516 Å². The van der Waals surface area contributed by atoms with E-state index >= 15 is 0 Å². The first-order valence-corrected chi connectivity index (χ1v) is 52.2. The topological polar surface area (TPSA) is 33.5 Å². The largest absolute Gasteiger partial charge is 0.310 e. The summed E-state index contributed by atoms with van der Waals surface area (Å²) in [6.07, 6.45) is 0. The molecule has 0 saturated heterocycles. The molecule has 3 spiro atoms. The lowest BCUT2D eigenvalue weighted by Crippen LogP contribution is -2.26. The van der Waals surface area contributed by atoms with Gasteiger partial charge >= 0.3 is 0 Å². The first-order chi connectivity index (χ1) is 75.6. The Bertz CT molecular complexity index is 9440. The number of benzene rings is 22. The van der Waals surface area contributed by atoms with Gasteiger partial charge in [-0.1, -0.05) is 443 Å². The number of anilines is 9. The number of para-hydroxylation sites is 1. The first-order valence-electron chi connectivity index (χ1n) is 54.7. The normalized spacial score (nSPS) is 14.7. The van der Waals surface area contributed by atoms with Crippen molar-refractivity contribution in [2.75, 3.05) is 14.7 Å². The van der Waals surface area contributed by atoms with Crippen LogP contribution < -0.4 is 14.7 Å². The molecule has 30 rings (SSSR count). The molecule has 0 fully saturated rings. The van der Waals surface area contributed by atoms with Crippen LogP contribution in [0.4, 0.5) is 51.2 Å². The summed E-state index contributed by atoms with van der Waals surface area (Å²) in [7, 11) is 0. The molecule has 22 aromatic rings. The molecule has 8 aliphatic carbocycles. The van der Waals surface area contributed by atoms with Crippen molar-refractivity contribution < 1.29 is 6.85 Å². The Balaban J connectivity index is 0.000000111. The van der Waals surface area contributed by atoms with E-state index in [-0.39, 0.29) is 46.1 Å². The van der Waals surface area contributed by atoms with Crippen LogP contribution in [-0.4, -0.2) is 0 Å². The lowest BCUT2D eigenvalue weighted by atomic mass is 9.70. The second kappa shape index (κ2) is 34.2. The molecule has 710 valence electrons. The van der Waals surface area contributed by atoms with Gasteiger partial charge in [0, 0.05) is 62.0 Å². The average Bonchev–Trinajstić information content (AvgIpc) is 1.51. The van der Waals surface area contributed by atoms with E-state index in [9.17, 15) is 5.26 Å². The molecule has 0 aliphatic heterocycles. The predicted octanol–water partition coefficient (Wildman–Crippen LogP) is 37.6. The highest BCUT2D eigenvalue weighted by atomic mass is 15.2. The third kappa shape index (κ3) is 13.2. The summed E-state index contributed by atoms with van der Waals surface area (Å²) in [5, 5.41) is 9.66. The van der Waals surface area contributed by atoms with Crippen molar-refractivity contribution in [1.29, 1.82) is 5.26 Å². The Morgan fingerprint density at radius 3 is 0.660 bits per heavy atom. The molecule has 0 saturated carbocycles. The third-order valence-electron chi connectivity index (χ3n) is 33.8. The van der Waals surface area contributed by atoms with Crippen molar-refractivity contribution in [3.63, 3.8) is 0 Å². The van der Waals surface area contributed by atoms with Crippen LogP contribution in [0.5, 0.6) is 0 Å². The highest BCUT2D eigenvalue weighted by Gasteiger charge is 2.56. The van der Waals surface area contributed by atoms with Gasteiger partial charge in [0.05, 0.1) is 34.7 Å². The SMILES string of the molecule is CC(C)(C)c1ccc(-c2ccc(N(c3ccc4c(c3)C(C)(C)c3ccccc3-4)c3ccc4c(c3)C3(c5ccccc5-c5ccccc53)c3ccccc3-4)cc2)cc1.CC1(C)c2ccccc2-c2ccc(N(c3ccc(C#N)cc3)c3ccc4c(c3)C3(c5ccccc5-c5ccccc53)c3ccccc3-4)cc21.[2H]c1c([2H])c([2H])c(N(c2ccc(-c3ccccc3)cc2)c2ccc3c(c2)C2(c4ccccc4-c4ccccc42)c2ccccc2-3)c([2H])c1[2H]. The van der Waals surface area contributed by atoms with Crippen LogP contribution in [0.2, 0.25) is 0 Å². The lowest BCUT2D eigenvalue weighted by molar-refractivity contribution is 0.590. The predicted molar refractivity (Wildman–Crippen MR) is 622 cm³/mol. The van der Waals surface area contributed by atoms with Gasteiger partial charge in [-0.05, 0) is 333 Å². The van der Waals surface area contributed by atoms with Crippen LogP contribution >= 0.6 is 0 Å². The van der Waals surface area contributed by atoms with E-state index in [1.54, 1.807) is 0 Å². The minimum Gasteiger partial charge on any atom is -0.310 e. The Hall–Kier alpha value is -18.3. The Kier molecular flexibility index (Phi) is 19.1. The summed E-state index contributed by atoms with van der Waals surface area (Å²) >= 11 is 0. The maximum absolute atomic E-state index is 9.66. The highest BCUT2D eigenvalue weighted by molar-refractivity contribution is 6.02. The molecular formula is C146H106N4. The van der Waals surface area contributed by atoms with Gasteiger partial charge in [-0.15, -0.1) is 0 Å². The van der Waals surface area contributed by atoms with E-state index in [4.69, 9.17) is 6.85 Å². The van der Waals surface area contributed by atoms with E-state index in [1.165, 1.54) is 178 Å². The molecule has 0 N–H and O–H groups in total. The highest BCUT2D eigenvalue weighted by Crippen LogP contribution is 2.69. The summed E-state index contributed by atoms with van der Waals surface area (Å²) in [6.45, 7) is 16.2. The van der Waals surface area contributed by atoms with Crippen molar-refractivity contribution >= 4 is 51.2 Å². The molecule has 0 heterocycles. The van der Waals surface area contributed by atoms with Gasteiger partial charge in [0.1, 0.15) is 0 Å². The monoisotopic (exact) mass is 1920 g/mol. The summed E-state index contributed by atoms with van der Waals surface area (Å²) in [5.41, 5.74) is 54.4. The zero-order valence-corrected chi connectivity index (χ0v) is 84.5. The van der Waals surface area contributed by atoms with Gasteiger partial charge in [-0.2, -0.15) is 5.26 Å². The van der Waals surface area contributed by atoms with Gasteiger partial charge in [-0.3, -0.25) is 0 Å². The first kappa shape index (κ1) is 84.0. The number of hydrogen-bond donors (Lipinski definition) is 0. The molecule has 4 nitrogen and oxygen atoms in total. The number of fused-ring (bicyclic) bond motifs is 36. The lowest BCUT2D eigenvalue weighted by Gasteiger charge is -2.32. The van der Waals surface area contributed by atoms with Crippen LogP contribution in [0.1, 0.15) is 155 Å². The van der Waals surface area contributed by atoms with Crippen molar-refractivity contribution in [3.8, 4) is 117 Å². The summed E-state index contributed by atoms with van der Waals surface area (Å²) < 4.78 is 43.5. The second-order valence-corrected chi connectivity index (χ2v) is 43.1. The van der Waals surface area contributed by atoms with E-state index in [2.05, 4.69) is 489 Å². The smallest absolute Gasteiger partial charge is 0.0991 e. The standard InChI is InChI=1S/C56H45N.C47H32N2.C43H29N/c1-54(2,3)38-26-22-36(23-27-38)37-24-28-39(29-25-37)57(40-30-32-46-42-14-6-10-18-48(42)55(4,5)52(46)34-40)41-31-33-47-45-17-9-13-21-51(45)56(53(47)35-41)49-19-11-7-15-43(49)44-16-8-12-20-50(44)56;1-46(2)40-15-7-3-11-34(40)38-25-23-32(27-44(38)46)49(31-21-19-30(29-48)20-22-31)33-24-26-39-37-14-6-10-18-43(37)47(45(39)28-33)41-16-8-4-12-35(41)36-13-5-9-17-42(36)47;1-3-13-30(14-4-1)31-23-25-33(26-24-31)44(32-15-5-2-6-16-32)34-27-28-38-37-19-9-12-22-41(37)43(42(38)29-34)39-20-10-7-17-35(39)36-18-8-11-21-40(36)43/h6-35H,1-5H3;3-28H,1-2H3;1-29H/i;;2D,5D,6D,15D,16D. The Morgan fingerprint density at radius 1 is 0.193 bits per heavy atom. The maximum Gasteiger partial charge on any atom is 0.0991 e. The second-order valence-electron chi connectivity index (χ2n) is 43.1. The molecule has 150 heavy (non-hydrogen) atoms. The van der Waals surface area contributed by atoms with E-state index in [0.717, 1.165) is 61.9 Å². The number of hydrogen-bond acceptors (Lipinski definition) is 4. The molecule has 22 aromatic carbocycles. The molecule has 0 radical (unpaired) electrons. The Morgan fingerprint density at radius 2 is 0.393 bits per heavy atom. The summed E-state index contributed by atoms with van der Waals surface area (Å²) in [4.78, 5) is 6.67. The minimum atomic E-state index is -0.586. The molecule has 0 bridgehead atoms. The van der Waals surface area contributed by atoms with Crippen molar-refractivity contribution in [2.24, 2.45) is 0 Å². The minimum absolute atomic E-state index is 0.107. The summed E-state index contributed by atoms with van der Waals surface area (Å²) in [6, 6.07) is 177. The fraction of sp³-hybridized carbons (Fsp3) is 0.0890. The van der Waals surface area contributed by atoms with Crippen LogP contribution in [-0.2, 0) is 32.5 Å². The summed E-state index contributed by atoms with van der Waals surface area (Å²) in [5.74, 6) is 0. The quantitative estimate of drug-likeness (QED) is 0.129. The molecule has 0 atom stereocenters. The zero-order valence-electron chi connectivity index (χ0n) is 89.5. The average molecular weight is 1920 g/mol. The Labute approximate surface area is 885 Å². The number of nitrogens with zero attached hydrogens (tertiary/aromatic N) is 4. The number of nitriles is 1. The van der Waals surface area contributed by atoms with E-state index in [0.29, 0.717) is 16.9 Å². The van der Waals surface area contributed by atoms with Crippen LogP contribution in [0.3, 0.4) is 0 Å². The fourth-order valence-electron chi connectivity index (χ4n) is 27.1. The molecule has 8 aliphatic rings. The van der Waals surface area contributed by atoms with Crippen molar-refractivity contribution in [2.45, 2.75) is 81.0 Å². The van der Waals surface area contributed by atoms with Gasteiger partial charge in [0.15, 0.2) is 0 Å². The van der Waals surface area contributed by atoms with Gasteiger partial charge in [0.2, 0.25) is 0 Å². The zero-order chi connectivity index (χ0) is 105. The fourth-order valence-corrected chi connectivity index (χ4v) is 27.1. The molecular weight excluding hydrogens is 1810 g/mol. The van der Waals surface area contributed by atoms with Gasteiger partial charge in [0.25, 0.3) is 0 Å². The molecule has 0 amide bonds. The number of rotatable bonds is 11. The van der Waals surface area contributed by atoms with Crippen LogP contribution in [0, 0.1) is 11.3 Å². The van der Waals surface area contributed by atoms with Crippen molar-refractivity contribution in [3.05, 3.63) is 616 Å². The van der Waals surface area contributed by atoms with Gasteiger partial charge in [-0.25, -0.2) is 0 Å². The van der Waals surface area contributed by atoms with Crippen molar-refractivity contribution in [1.82, 2.24) is 0 Å². The van der Waals surface area contributed by atoms with E-state index in [1.807, 2.05) is 65.6 Å². The molecule has 0 unspecified atom stereocenters. The molecule has 0 aromatic heterocycles. The molecule has 4 heteroatoms.